The number of carbonyl (C=O) groups is 1. The second-order valence-electron chi connectivity index (χ2n) is 8.41. The van der Waals surface area contributed by atoms with Crippen LogP contribution in [0, 0.1) is 17.1 Å². The number of pyridine rings is 1. The van der Waals surface area contributed by atoms with Gasteiger partial charge in [-0.25, -0.2) is 19.3 Å². The fourth-order valence-corrected chi connectivity index (χ4v) is 4.49. The van der Waals surface area contributed by atoms with E-state index in [-0.39, 0.29) is 35.0 Å². The summed E-state index contributed by atoms with van der Waals surface area (Å²) < 4.78 is 22.6. The van der Waals surface area contributed by atoms with Crippen molar-refractivity contribution in [2.75, 3.05) is 18.8 Å². The number of halogens is 1. The van der Waals surface area contributed by atoms with Crippen LogP contribution in [-0.4, -0.2) is 43.2 Å². The Kier molecular flexibility index (Phi) is 6.04. The molecule has 0 saturated carbocycles. The average molecular weight is 484 g/mol. The summed E-state index contributed by atoms with van der Waals surface area (Å²) in [4.78, 5) is 27.0. The molecule has 9 nitrogen and oxygen atoms in total. The van der Waals surface area contributed by atoms with E-state index >= 15 is 4.39 Å². The zero-order valence-electron chi connectivity index (χ0n) is 19.3. The van der Waals surface area contributed by atoms with E-state index in [1.807, 2.05) is 6.07 Å². The van der Waals surface area contributed by atoms with Crippen molar-refractivity contribution in [1.82, 2.24) is 24.3 Å². The minimum atomic E-state index is -0.572. The van der Waals surface area contributed by atoms with Gasteiger partial charge < -0.3 is 15.4 Å². The Morgan fingerprint density at radius 2 is 2.08 bits per heavy atom. The minimum Gasteiger partial charge on any atom is -0.439 e. The number of anilines is 1. The number of nitrogen functional groups attached to an aromatic ring is 1. The molecule has 4 heterocycles. The van der Waals surface area contributed by atoms with Crippen molar-refractivity contribution < 1.29 is 13.9 Å². The Morgan fingerprint density at radius 3 is 2.86 bits per heavy atom. The first kappa shape index (κ1) is 23.0. The van der Waals surface area contributed by atoms with Crippen LogP contribution in [0.3, 0.4) is 0 Å². The van der Waals surface area contributed by atoms with Gasteiger partial charge in [-0.2, -0.15) is 5.26 Å². The molecule has 1 aliphatic heterocycles. The molecule has 1 amide bonds. The molecule has 36 heavy (non-hydrogen) atoms. The van der Waals surface area contributed by atoms with Crippen LogP contribution < -0.4 is 10.5 Å². The minimum absolute atomic E-state index is 0.0441. The summed E-state index contributed by atoms with van der Waals surface area (Å²) >= 11 is 0. The van der Waals surface area contributed by atoms with Gasteiger partial charge in [0.2, 0.25) is 17.7 Å². The number of benzene rings is 1. The Morgan fingerprint density at radius 1 is 1.25 bits per heavy atom. The van der Waals surface area contributed by atoms with E-state index in [2.05, 4.69) is 16.5 Å². The van der Waals surface area contributed by atoms with Gasteiger partial charge >= 0.3 is 0 Å². The largest absolute Gasteiger partial charge is 0.439 e. The van der Waals surface area contributed by atoms with Crippen LogP contribution in [0.25, 0.3) is 16.9 Å². The fourth-order valence-electron chi connectivity index (χ4n) is 4.49. The van der Waals surface area contributed by atoms with E-state index in [0.29, 0.717) is 30.0 Å². The number of likely N-dealkylation sites (tertiary alicyclic amines) is 1. The first-order valence-corrected chi connectivity index (χ1v) is 11.4. The number of fused-ring (bicyclic) bond motifs is 1. The number of ether oxygens (including phenoxy) is 1. The summed E-state index contributed by atoms with van der Waals surface area (Å²) in [6.45, 7) is 4.73. The Labute approximate surface area is 206 Å². The lowest BCUT2D eigenvalue weighted by Crippen LogP contribution is -2.38. The van der Waals surface area contributed by atoms with Gasteiger partial charge in [-0.1, -0.05) is 6.58 Å². The molecule has 1 aliphatic rings. The molecular weight excluding hydrogens is 461 g/mol. The third kappa shape index (κ3) is 4.22. The molecule has 0 aliphatic carbocycles. The number of hydrogen-bond donors (Lipinski definition) is 1. The first-order chi connectivity index (χ1) is 17.5. The van der Waals surface area contributed by atoms with E-state index in [1.165, 1.54) is 24.4 Å². The molecule has 1 unspecified atom stereocenters. The second-order valence-corrected chi connectivity index (χ2v) is 8.41. The summed E-state index contributed by atoms with van der Waals surface area (Å²) in [7, 11) is 0. The number of aromatic nitrogens is 4. The maximum absolute atomic E-state index is 15.4. The zero-order chi connectivity index (χ0) is 25.2. The first-order valence-electron chi connectivity index (χ1n) is 11.4. The highest BCUT2D eigenvalue weighted by Gasteiger charge is 2.29. The quantitative estimate of drug-likeness (QED) is 0.425. The molecule has 0 spiro atoms. The lowest BCUT2D eigenvalue weighted by molar-refractivity contribution is -0.127. The summed E-state index contributed by atoms with van der Waals surface area (Å²) in [5.41, 5.74) is 8.25. The van der Waals surface area contributed by atoms with Gasteiger partial charge in [0, 0.05) is 43.5 Å². The molecule has 0 radical (unpaired) electrons. The maximum atomic E-state index is 15.4. The van der Waals surface area contributed by atoms with E-state index in [1.54, 1.807) is 39.8 Å². The summed E-state index contributed by atoms with van der Waals surface area (Å²) in [5, 5.41) is 9.05. The normalized spacial score (nSPS) is 15.4. The van der Waals surface area contributed by atoms with Gasteiger partial charge in [-0.15, -0.1) is 0 Å². The van der Waals surface area contributed by atoms with Gasteiger partial charge in [0.05, 0.1) is 28.4 Å². The van der Waals surface area contributed by atoms with Crippen molar-refractivity contribution in [2.24, 2.45) is 0 Å². The number of piperidine rings is 1. The zero-order valence-corrected chi connectivity index (χ0v) is 19.3. The van der Waals surface area contributed by atoms with Crippen LogP contribution in [0.1, 0.15) is 30.0 Å². The fraction of sp³-hybridized carbons (Fsp3) is 0.192. The third-order valence-electron chi connectivity index (χ3n) is 6.17. The topological polar surface area (TPSA) is 122 Å². The molecule has 4 aromatic rings. The molecular formula is C26H22FN7O2. The average Bonchev–Trinajstić information content (AvgIpc) is 3.29. The van der Waals surface area contributed by atoms with E-state index < -0.39 is 5.82 Å². The van der Waals surface area contributed by atoms with Crippen molar-refractivity contribution in [1.29, 1.82) is 5.26 Å². The van der Waals surface area contributed by atoms with Crippen molar-refractivity contribution in [3.8, 4) is 29.1 Å². The number of imidazole rings is 1. The van der Waals surface area contributed by atoms with Gasteiger partial charge in [0.25, 0.3) is 0 Å². The van der Waals surface area contributed by atoms with E-state index in [4.69, 9.17) is 20.7 Å². The van der Waals surface area contributed by atoms with Crippen molar-refractivity contribution in [3.63, 3.8) is 0 Å². The predicted molar refractivity (Wildman–Crippen MR) is 131 cm³/mol. The van der Waals surface area contributed by atoms with Gasteiger partial charge in [-0.05, 0) is 43.2 Å². The highest BCUT2D eigenvalue weighted by molar-refractivity contribution is 5.87. The Hall–Kier alpha value is -4.78. The highest BCUT2D eigenvalue weighted by Crippen LogP contribution is 2.35. The number of amides is 1. The standard InChI is InChI=1S/C26H22FN7O2/c1-2-23(35)33-11-3-4-17(15-33)24-21-8-10-31-26(29)34(21)25(32-24)19-6-5-18(13-20(19)27)36-22-12-16(14-28)7-9-30-22/h2,5-10,12-13,17H,1,3-4,11,15H2,(H2,29,31). The SMILES string of the molecule is C=CC(=O)N1CCCC(c2nc(-c3ccc(Oc4cc(C#N)ccn4)cc3F)n3c(N)nccc23)C1. The lowest BCUT2D eigenvalue weighted by Gasteiger charge is -2.31. The van der Waals surface area contributed by atoms with Crippen LogP contribution in [-0.2, 0) is 4.79 Å². The number of rotatable bonds is 5. The molecule has 1 fully saturated rings. The Balaban J connectivity index is 1.52. The highest BCUT2D eigenvalue weighted by atomic mass is 19.1. The smallest absolute Gasteiger partial charge is 0.245 e. The molecule has 1 saturated heterocycles. The molecule has 1 aromatic carbocycles. The number of carbonyl (C=O) groups excluding carboxylic acids is 1. The Bertz CT molecular complexity index is 1520. The summed E-state index contributed by atoms with van der Waals surface area (Å²) in [5.74, 6) is 0.145. The van der Waals surface area contributed by atoms with Crippen LogP contribution in [0.15, 0.2) is 61.4 Å². The number of nitriles is 1. The maximum Gasteiger partial charge on any atom is 0.245 e. The van der Waals surface area contributed by atoms with Crippen LogP contribution in [0.2, 0.25) is 0 Å². The van der Waals surface area contributed by atoms with Crippen LogP contribution >= 0.6 is 0 Å². The van der Waals surface area contributed by atoms with Crippen LogP contribution in [0.4, 0.5) is 10.3 Å². The van der Waals surface area contributed by atoms with Gasteiger partial charge in [0.1, 0.15) is 11.6 Å². The number of hydrogen-bond acceptors (Lipinski definition) is 7. The van der Waals surface area contributed by atoms with Gasteiger partial charge in [0.15, 0.2) is 5.82 Å². The lowest BCUT2D eigenvalue weighted by atomic mass is 9.94. The monoisotopic (exact) mass is 483 g/mol. The molecule has 180 valence electrons. The molecule has 3 aromatic heterocycles. The molecule has 5 rings (SSSR count). The second kappa shape index (κ2) is 9.46. The molecule has 10 heteroatoms. The predicted octanol–water partition coefficient (Wildman–Crippen LogP) is 4.07. The molecule has 0 bridgehead atoms. The van der Waals surface area contributed by atoms with Crippen LogP contribution in [0.5, 0.6) is 11.6 Å². The van der Waals surface area contributed by atoms with Gasteiger partial charge in [-0.3, -0.25) is 9.20 Å². The molecule has 1 atom stereocenters. The van der Waals surface area contributed by atoms with E-state index in [0.717, 1.165) is 18.5 Å². The summed E-state index contributed by atoms with van der Waals surface area (Å²) in [6.07, 6.45) is 6.00. The van der Waals surface area contributed by atoms with Crippen molar-refractivity contribution >= 4 is 17.4 Å². The van der Waals surface area contributed by atoms with Crippen molar-refractivity contribution in [3.05, 3.63) is 78.5 Å². The molecule has 2 N–H and O–H groups in total. The summed E-state index contributed by atoms with van der Waals surface area (Å²) in [6, 6.07) is 11.2. The number of nitrogens with two attached hydrogens (primary N) is 1. The van der Waals surface area contributed by atoms with Crippen molar-refractivity contribution in [2.45, 2.75) is 18.8 Å². The number of nitrogens with zero attached hydrogens (tertiary/aromatic N) is 6. The van der Waals surface area contributed by atoms with E-state index in [9.17, 15) is 4.79 Å². The third-order valence-corrected chi connectivity index (χ3v) is 6.17.